The number of carbonyl (C=O) groups is 1. The molecule has 2 unspecified atom stereocenters. The van der Waals surface area contributed by atoms with Gasteiger partial charge < -0.3 is 14.4 Å². The van der Waals surface area contributed by atoms with Crippen LogP contribution in [0.2, 0.25) is 0 Å². The molecule has 2 aliphatic heterocycles. The van der Waals surface area contributed by atoms with Crippen molar-refractivity contribution in [2.45, 2.75) is 63.3 Å². The molecule has 2 aromatic carbocycles. The van der Waals surface area contributed by atoms with Gasteiger partial charge in [0.25, 0.3) is 0 Å². The van der Waals surface area contributed by atoms with E-state index in [2.05, 4.69) is 29.2 Å². The van der Waals surface area contributed by atoms with Gasteiger partial charge in [-0.25, -0.2) is 0 Å². The number of benzene rings is 2. The highest BCUT2D eigenvalue weighted by Gasteiger charge is 2.42. The lowest BCUT2D eigenvalue weighted by Gasteiger charge is -2.38. The van der Waals surface area contributed by atoms with E-state index in [9.17, 15) is 4.79 Å². The van der Waals surface area contributed by atoms with E-state index < -0.39 is 0 Å². The van der Waals surface area contributed by atoms with Gasteiger partial charge in [-0.1, -0.05) is 42.5 Å². The first kappa shape index (κ1) is 19.0. The van der Waals surface area contributed by atoms with Crippen molar-refractivity contribution in [3.63, 3.8) is 0 Å². The van der Waals surface area contributed by atoms with E-state index in [0.717, 1.165) is 49.0 Å². The largest absolute Gasteiger partial charge is 0.489 e. The molecule has 4 rings (SSSR count). The summed E-state index contributed by atoms with van der Waals surface area (Å²) in [6, 6.07) is 19.0. The van der Waals surface area contributed by atoms with Crippen LogP contribution in [-0.2, 0) is 22.6 Å². The molecule has 0 aliphatic carbocycles. The fraction of sp³-hybridized carbons (Fsp3) is 0.458. The number of nitrogens with zero attached hydrogens (tertiary/aromatic N) is 1. The number of methoxy groups -OCH3 is 1. The van der Waals surface area contributed by atoms with Gasteiger partial charge in [-0.15, -0.1) is 0 Å². The number of fused-ring (bicyclic) bond motifs is 2. The molecule has 2 fully saturated rings. The van der Waals surface area contributed by atoms with Crippen molar-refractivity contribution in [2.24, 2.45) is 0 Å². The molecular formula is C24H29NO3. The maximum atomic E-state index is 12.9. The van der Waals surface area contributed by atoms with E-state index in [0.29, 0.717) is 31.2 Å². The van der Waals surface area contributed by atoms with Gasteiger partial charge in [0.15, 0.2) is 0 Å². The summed E-state index contributed by atoms with van der Waals surface area (Å²) >= 11 is 0. The average molecular weight is 380 g/mol. The maximum absolute atomic E-state index is 12.9. The number of amides is 1. The van der Waals surface area contributed by atoms with Gasteiger partial charge in [0.2, 0.25) is 5.91 Å². The predicted octanol–water partition coefficient (Wildman–Crippen LogP) is 4.37. The Labute approximate surface area is 167 Å². The molecule has 2 bridgehead atoms. The third-order valence-electron chi connectivity index (χ3n) is 6.09. The Kier molecular flexibility index (Phi) is 5.96. The number of ether oxygens (including phenoxy) is 2. The highest BCUT2D eigenvalue weighted by atomic mass is 16.5. The molecule has 4 heteroatoms. The SMILES string of the molecule is COC1CC2CCC(C1)N2C(=O)CCc1cccc(OCc2ccccc2)c1. The number of piperidine rings is 1. The third kappa shape index (κ3) is 4.39. The van der Waals surface area contributed by atoms with Gasteiger partial charge in [0.05, 0.1) is 6.10 Å². The molecule has 2 saturated heterocycles. The fourth-order valence-corrected chi connectivity index (χ4v) is 4.64. The van der Waals surface area contributed by atoms with E-state index >= 15 is 0 Å². The molecule has 0 N–H and O–H groups in total. The van der Waals surface area contributed by atoms with Crippen molar-refractivity contribution in [1.82, 2.24) is 4.90 Å². The zero-order valence-electron chi connectivity index (χ0n) is 16.5. The van der Waals surface area contributed by atoms with Crippen molar-refractivity contribution in [3.05, 3.63) is 65.7 Å². The van der Waals surface area contributed by atoms with Gasteiger partial charge >= 0.3 is 0 Å². The summed E-state index contributed by atoms with van der Waals surface area (Å²) < 4.78 is 11.5. The number of carbonyl (C=O) groups excluding carboxylic acids is 1. The lowest BCUT2D eigenvalue weighted by molar-refractivity contribution is -0.137. The lowest BCUT2D eigenvalue weighted by atomic mass is 9.98. The van der Waals surface area contributed by atoms with E-state index in [1.165, 1.54) is 0 Å². The second-order valence-corrected chi connectivity index (χ2v) is 7.94. The van der Waals surface area contributed by atoms with Crippen LogP contribution in [0.5, 0.6) is 5.75 Å². The molecule has 2 atom stereocenters. The molecule has 2 aliphatic rings. The molecule has 2 aromatic rings. The monoisotopic (exact) mass is 379 g/mol. The van der Waals surface area contributed by atoms with E-state index in [1.807, 2.05) is 30.3 Å². The van der Waals surface area contributed by atoms with Crippen LogP contribution in [0, 0.1) is 0 Å². The van der Waals surface area contributed by atoms with Gasteiger partial charge in [-0.2, -0.15) is 0 Å². The van der Waals surface area contributed by atoms with Crippen LogP contribution in [-0.4, -0.2) is 36.1 Å². The normalized spacial score (nSPS) is 23.6. The van der Waals surface area contributed by atoms with Gasteiger partial charge in [-0.3, -0.25) is 4.79 Å². The smallest absolute Gasteiger partial charge is 0.223 e. The van der Waals surface area contributed by atoms with E-state index in [-0.39, 0.29) is 5.91 Å². The Hall–Kier alpha value is -2.33. The molecule has 28 heavy (non-hydrogen) atoms. The van der Waals surface area contributed by atoms with Crippen molar-refractivity contribution in [3.8, 4) is 5.75 Å². The minimum Gasteiger partial charge on any atom is -0.489 e. The van der Waals surface area contributed by atoms with Crippen molar-refractivity contribution in [1.29, 1.82) is 0 Å². The Morgan fingerprint density at radius 2 is 1.71 bits per heavy atom. The first-order valence-electron chi connectivity index (χ1n) is 10.3. The summed E-state index contributed by atoms with van der Waals surface area (Å²) in [5.41, 5.74) is 2.30. The van der Waals surface area contributed by atoms with Crippen LogP contribution >= 0.6 is 0 Å². The first-order chi connectivity index (χ1) is 13.7. The van der Waals surface area contributed by atoms with Gasteiger partial charge in [0, 0.05) is 25.6 Å². The predicted molar refractivity (Wildman–Crippen MR) is 109 cm³/mol. The van der Waals surface area contributed by atoms with Crippen molar-refractivity contribution >= 4 is 5.91 Å². The van der Waals surface area contributed by atoms with Crippen LogP contribution in [0.3, 0.4) is 0 Å². The Balaban J connectivity index is 1.31. The summed E-state index contributed by atoms with van der Waals surface area (Å²) in [6.45, 7) is 0.557. The molecule has 1 amide bonds. The van der Waals surface area contributed by atoms with Crippen molar-refractivity contribution < 1.29 is 14.3 Å². The summed E-state index contributed by atoms with van der Waals surface area (Å²) in [5.74, 6) is 1.15. The minimum atomic E-state index is 0.290. The average Bonchev–Trinajstić information content (AvgIpc) is 3.01. The molecule has 0 aromatic heterocycles. The number of hydrogen-bond donors (Lipinski definition) is 0. The third-order valence-corrected chi connectivity index (χ3v) is 6.09. The molecule has 148 valence electrons. The molecule has 0 radical (unpaired) electrons. The summed E-state index contributed by atoms with van der Waals surface area (Å²) in [6.07, 6.45) is 5.86. The van der Waals surface area contributed by atoms with Crippen LogP contribution in [0.15, 0.2) is 54.6 Å². The first-order valence-corrected chi connectivity index (χ1v) is 10.3. The lowest BCUT2D eigenvalue weighted by Crippen LogP contribution is -2.48. The Bertz CT molecular complexity index is 777. The number of aryl methyl sites for hydroxylation is 1. The van der Waals surface area contributed by atoms with E-state index in [4.69, 9.17) is 9.47 Å². The number of hydrogen-bond acceptors (Lipinski definition) is 3. The maximum Gasteiger partial charge on any atom is 0.223 e. The van der Waals surface area contributed by atoms with Gasteiger partial charge in [-0.05, 0) is 55.4 Å². The summed E-state index contributed by atoms with van der Waals surface area (Å²) in [4.78, 5) is 15.0. The zero-order valence-corrected chi connectivity index (χ0v) is 16.5. The molecular weight excluding hydrogens is 350 g/mol. The topological polar surface area (TPSA) is 38.8 Å². The standard InChI is InChI=1S/C24H29NO3/c1-27-23-15-20-11-12-21(16-23)25(20)24(26)13-10-18-8-5-9-22(14-18)28-17-19-6-3-2-4-7-19/h2-9,14,20-21,23H,10-13,15-17H2,1H3. The molecule has 0 spiro atoms. The summed E-state index contributed by atoms with van der Waals surface area (Å²) in [5, 5.41) is 0. The quantitative estimate of drug-likeness (QED) is 0.717. The zero-order chi connectivity index (χ0) is 19.3. The summed E-state index contributed by atoms with van der Waals surface area (Å²) in [7, 11) is 1.79. The fourth-order valence-electron chi connectivity index (χ4n) is 4.64. The highest BCUT2D eigenvalue weighted by molar-refractivity contribution is 5.77. The van der Waals surface area contributed by atoms with Crippen LogP contribution in [0.1, 0.15) is 43.2 Å². The van der Waals surface area contributed by atoms with Crippen LogP contribution < -0.4 is 4.74 Å². The second kappa shape index (κ2) is 8.78. The minimum absolute atomic E-state index is 0.290. The molecule has 4 nitrogen and oxygen atoms in total. The van der Waals surface area contributed by atoms with Crippen LogP contribution in [0.25, 0.3) is 0 Å². The van der Waals surface area contributed by atoms with Gasteiger partial charge in [0.1, 0.15) is 12.4 Å². The van der Waals surface area contributed by atoms with E-state index in [1.54, 1.807) is 7.11 Å². The highest BCUT2D eigenvalue weighted by Crippen LogP contribution is 2.37. The molecule has 0 saturated carbocycles. The second-order valence-electron chi connectivity index (χ2n) is 7.94. The Morgan fingerprint density at radius 3 is 2.43 bits per heavy atom. The van der Waals surface area contributed by atoms with Crippen molar-refractivity contribution in [2.75, 3.05) is 7.11 Å². The van der Waals surface area contributed by atoms with Crippen LogP contribution in [0.4, 0.5) is 0 Å². The molecule has 2 heterocycles. The Morgan fingerprint density at radius 1 is 1.00 bits per heavy atom. The number of rotatable bonds is 7.